The number of pyridine rings is 1. The number of rotatable bonds is 8. The SMILES string of the molecule is CC[C@H]1OC(=O)[C@H](C)C(=O)[C@H](C)[C@@H](O[C@@H]2O[C@H](C)C[C@H](N(C)C)[C@H]2O)[C@@]2(C)C[C@@H](C)C(=NC(C)=O)C[C@@H](OC/C(=N/OCc3ccc(-n4ccnn4)nc3)CO2)[C@]1(C)O. The molecule has 18 heteroatoms. The fraction of sp³-hybridized carbons (Fsp3) is 0.707. The van der Waals surface area contributed by atoms with Gasteiger partial charge in [0.1, 0.15) is 36.0 Å². The maximum atomic E-state index is 14.4. The number of aliphatic hydroxyl groups excluding tert-OH is 1. The van der Waals surface area contributed by atoms with E-state index in [0.717, 1.165) is 0 Å². The van der Waals surface area contributed by atoms with Gasteiger partial charge in [0, 0.05) is 42.8 Å². The summed E-state index contributed by atoms with van der Waals surface area (Å²) in [5.41, 5.74) is -1.84. The lowest BCUT2D eigenvalue weighted by molar-refractivity contribution is -0.296. The predicted octanol–water partition coefficient (Wildman–Crippen LogP) is 2.85. The molecule has 59 heavy (non-hydrogen) atoms. The number of amides is 1. The number of aliphatic imine (C=N–C) groups is 1. The molecule has 0 unspecified atom stereocenters. The summed E-state index contributed by atoms with van der Waals surface area (Å²) in [7, 11) is 3.72. The topological polar surface area (TPSA) is 219 Å². The number of Topliss-reactive ketones (excluding diaryl/α,β-unsaturated/α-hetero) is 1. The molecule has 3 aliphatic heterocycles. The number of aromatic nitrogens is 4. The van der Waals surface area contributed by atoms with Crippen molar-refractivity contribution in [1.29, 1.82) is 0 Å². The van der Waals surface area contributed by atoms with Gasteiger partial charge in [0.25, 0.3) is 0 Å². The minimum atomic E-state index is -1.83. The summed E-state index contributed by atoms with van der Waals surface area (Å²) < 4.78 is 33.7. The van der Waals surface area contributed by atoms with Crippen molar-refractivity contribution >= 4 is 29.1 Å². The molecule has 2 aromatic heterocycles. The molecule has 0 spiro atoms. The number of ketones is 1. The summed E-state index contributed by atoms with van der Waals surface area (Å²) in [5.74, 6) is -4.03. The van der Waals surface area contributed by atoms with Crippen molar-refractivity contribution in [3.63, 3.8) is 0 Å². The van der Waals surface area contributed by atoms with Gasteiger partial charge in [-0.3, -0.25) is 14.4 Å². The van der Waals surface area contributed by atoms with Gasteiger partial charge in [0.05, 0.1) is 49.5 Å². The number of cyclic esters (lactones) is 1. The second kappa shape index (κ2) is 19.6. The molecule has 5 heterocycles. The third kappa shape index (κ3) is 11.0. The Balaban J connectivity index is 1.60. The largest absolute Gasteiger partial charge is 0.459 e. The Morgan fingerprint density at radius 2 is 1.88 bits per heavy atom. The van der Waals surface area contributed by atoms with Crippen molar-refractivity contribution in [2.45, 2.75) is 142 Å². The Bertz CT molecular complexity index is 1800. The van der Waals surface area contributed by atoms with Crippen molar-refractivity contribution in [2.75, 3.05) is 27.3 Å². The van der Waals surface area contributed by atoms with Gasteiger partial charge in [0.15, 0.2) is 17.9 Å². The molecule has 18 nitrogen and oxygen atoms in total. The number of carbonyl (C=O) groups is 3. The monoisotopic (exact) mass is 827 g/mol. The lowest BCUT2D eigenvalue weighted by Crippen LogP contribution is -2.59. The Labute approximate surface area is 345 Å². The van der Waals surface area contributed by atoms with Gasteiger partial charge in [-0.1, -0.05) is 37.2 Å². The Morgan fingerprint density at radius 1 is 1.14 bits per heavy atom. The summed E-state index contributed by atoms with van der Waals surface area (Å²) in [6.07, 6.45) is -0.262. The molecule has 5 rings (SSSR count). The first-order valence-corrected chi connectivity index (χ1v) is 20.3. The standard InChI is InChI=1S/C41H61N7O11/c1-11-32-41(8,53)33-17-30(44-27(6)49)23(2)18-40(7,55-22-29(21-54-33)45-56-20-28-12-13-34(42-19-28)48-15-14-43-46-48)37(25(4)35(50)26(5)38(52)58-32)59-39-36(51)31(47(9)10)16-24(3)57-39/h12-15,19,23-26,31-33,36-37,39,51,53H,11,16-18,20-22H2,1-10H3/b44-30?,45-29-/t23-,24-,25+,26-,31+,32-,33-,36-,37-,39+,40-,41-/m1/s1. The van der Waals surface area contributed by atoms with Gasteiger partial charge in [-0.2, -0.15) is 0 Å². The van der Waals surface area contributed by atoms with Crippen LogP contribution in [-0.4, -0.2) is 146 Å². The van der Waals surface area contributed by atoms with Gasteiger partial charge in [-0.25, -0.2) is 14.7 Å². The molecule has 0 aromatic carbocycles. The van der Waals surface area contributed by atoms with Crippen LogP contribution in [0.25, 0.3) is 5.82 Å². The average Bonchev–Trinajstić information content (AvgIpc) is 3.73. The van der Waals surface area contributed by atoms with Crippen molar-refractivity contribution in [3.05, 3.63) is 36.3 Å². The number of hydrogen-bond acceptors (Lipinski definition) is 16. The van der Waals surface area contributed by atoms with Crippen LogP contribution in [0.5, 0.6) is 0 Å². The van der Waals surface area contributed by atoms with E-state index in [1.807, 2.05) is 38.9 Å². The zero-order chi connectivity index (χ0) is 43.2. The molecule has 0 radical (unpaired) electrons. The summed E-state index contributed by atoms with van der Waals surface area (Å²) in [5, 5.41) is 36.1. The third-order valence-corrected chi connectivity index (χ3v) is 11.7. The molecular formula is C41H61N7O11. The highest BCUT2D eigenvalue weighted by atomic mass is 16.7. The molecule has 3 fully saturated rings. The molecule has 12 atom stereocenters. The van der Waals surface area contributed by atoms with Crippen LogP contribution in [0, 0.1) is 17.8 Å². The minimum Gasteiger partial charge on any atom is -0.459 e. The highest BCUT2D eigenvalue weighted by molar-refractivity contribution is 6.00. The number of hydrogen-bond donors (Lipinski definition) is 2. The van der Waals surface area contributed by atoms with E-state index in [2.05, 4.69) is 25.4 Å². The van der Waals surface area contributed by atoms with Crippen LogP contribution < -0.4 is 0 Å². The number of esters is 1. The van der Waals surface area contributed by atoms with E-state index < -0.39 is 77.3 Å². The smallest absolute Gasteiger partial charge is 0.316 e. The molecule has 3 aliphatic rings. The average molecular weight is 828 g/mol. The molecule has 2 bridgehead atoms. The highest BCUT2D eigenvalue weighted by Crippen LogP contribution is 2.39. The van der Waals surface area contributed by atoms with Crippen LogP contribution in [0.15, 0.2) is 40.9 Å². The Morgan fingerprint density at radius 3 is 2.51 bits per heavy atom. The number of carbonyl (C=O) groups excluding carboxylic acids is 3. The van der Waals surface area contributed by atoms with E-state index in [4.69, 9.17) is 28.5 Å². The maximum absolute atomic E-state index is 14.4. The van der Waals surface area contributed by atoms with E-state index in [9.17, 15) is 24.6 Å². The van der Waals surface area contributed by atoms with Gasteiger partial charge >= 0.3 is 5.97 Å². The first-order chi connectivity index (χ1) is 27.8. The second-order valence-corrected chi connectivity index (χ2v) is 16.7. The maximum Gasteiger partial charge on any atom is 0.316 e. The fourth-order valence-electron chi connectivity index (χ4n) is 8.19. The zero-order valence-electron chi connectivity index (χ0n) is 35.8. The van der Waals surface area contributed by atoms with Crippen LogP contribution in [0.4, 0.5) is 0 Å². The van der Waals surface area contributed by atoms with E-state index in [0.29, 0.717) is 23.5 Å². The highest BCUT2D eigenvalue weighted by Gasteiger charge is 2.51. The second-order valence-electron chi connectivity index (χ2n) is 16.7. The van der Waals surface area contributed by atoms with Gasteiger partial charge in [-0.05, 0) is 73.0 Å². The first-order valence-electron chi connectivity index (χ1n) is 20.3. The molecule has 2 N–H and O–H groups in total. The van der Waals surface area contributed by atoms with Crippen LogP contribution in [-0.2, 0) is 49.5 Å². The fourth-order valence-corrected chi connectivity index (χ4v) is 8.19. The van der Waals surface area contributed by atoms with Crippen LogP contribution in [0.1, 0.15) is 86.6 Å². The number of nitrogens with zero attached hydrogens (tertiary/aromatic N) is 7. The van der Waals surface area contributed by atoms with Crippen LogP contribution in [0.2, 0.25) is 0 Å². The molecule has 2 aromatic rings. The van der Waals surface area contributed by atoms with Crippen molar-refractivity contribution in [2.24, 2.45) is 27.9 Å². The number of oxime groups is 1. The number of fused-ring (bicyclic) bond motifs is 5. The molecule has 0 aliphatic carbocycles. The molecule has 326 valence electrons. The summed E-state index contributed by atoms with van der Waals surface area (Å²) in [4.78, 5) is 57.5. The lowest BCUT2D eigenvalue weighted by Gasteiger charge is -2.47. The van der Waals surface area contributed by atoms with Crippen molar-refractivity contribution < 1.29 is 53.1 Å². The third-order valence-electron chi connectivity index (χ3n) is 11.7. The molecule has 3 saturated heterocycles. The summed E-state index contributed by atoms with van der Waals surface area (Å²) in [6, 6.07) is 3.25. The van der Waals surface area contributed by atoms with Gasteiger partial charge in [-0.15, -0.1) is 5.10 Å². The van der Waals surface area contributed by atoms with E-state index in [1.165, 1.54) is 25.5 Å². The van der Waals surface area contributed by atoms with Crippen molar-refractivity contribution in [3.8, 4) is 5.82 Å². The number of aliphatic hydroxyl groups is 2. The molecule has 1 amide bonds. The summed E-state index contributed by atoms with van der Waals surface area (Å²) in [6.45, 7) is 12.9. The lowest BCUT2D eigenvalue weighted by atomic mass is 9.76. The first kappa shape index (κ1) is 46.0. The number of likely N-dealkylation sites (N-methyl/N-ethyl adjacent to an activating group) is 1. The Hall–Kier alpha value is -4.04. The normalized spacial score (nSPS) is 36.8. The zero-order valence-corrected chi connectivity index (χ0v) is 35.8. The Kier molecular flexibility index (Phi) is 15.3. The van der Waals surface area contributed by atoms with Gasteiger partial charge < -0.3 is 43.6 Å². The van der Waals surface area contributed by atoms with E-state index in [-0.39, 0.29) is 56.9 Å². The van der Waals surface area contributed by atoms with Crippen LogP contribution >= 0.6 is 0 Å². The van der Waals surface area contributed by atoms with Gasteiger partial charge in [0.2, 0.25) is 5.91 Å². The summed E-state index contributed by atoms with van der Waals surface area (Å²) >= 11 is 0. The molecule has 0 saturated carbocycles. The molecular weight excluding hydrogens is 766 g/mol. The predicted molar refractivity (Wildman–Crippen MR) is 213 cm³/mol. The van der Waals surface area contributed by atoms with Crippen molar-refractivity contribution in [1.82, 2.24) is 24.9 Å². The number of ether oxygens (including phenoxy) is 5. The van der Waals surface area contributed by atoms with E-state index in [1.54, 1.807) is 45.4 Å². The van der Waals surface area contributed by atoms with Crippen LogP contribution in [0.3, 0.4) is 0 Å². The minimum absolute atomic E-state index is 0.0299. The van der Waals surface area contributed by atoms with E-state index >= 15 is 0 Å². The quantitative estimate of drug-likeness (QED) is 0.222.